The normalized spacial score (nSPS) is 11.5. The van der Waals surface area contributed by atoms with E-state index in [0.717, 1.165) is 26.4 Å². The third-order valence-electron chi connectivity index (χ3n) is 5.75. The highest BCUT2D eigenvalue weighted by Crippen LogP contribution is 2.39. The predicted molar refractivity (Wildman–Crippen MR) is 130 cm³/mol. The highest BCUT2D eigenvalue weighted by atomic mass is 79.9. The van der Waals surface area contributed by atoms with Gasteiger partial charge in [0.2, 0.25) is 0 Å². The van der Waals surface area contributed by atoms with E-state index in [4.69, 9.17) is 4.42 Å². The van der Waals surface area contributed by atoms with Gasteiger partial charge in [-0.3, -0.25) is 0 Å². The van der Waals surface area contributed by atoms with Crippen molar-refractivity contribution in [2.45, 2.75) is 0 Å². The third kappa shape index (κ3) is 2.76. The minimum atomic E-state index is 0.910. The molecule has 5 aromatic carbocycles. The molecule has 0 saturated carbocycles. The van der Waals surface area contributed by atoms with Gasteiger partial charge in [-0.1, -0.05) is 88.7 Å². The van der Waals surface area contributed by atoms with Gasteiger partial charge in [0.25, 0.3) is 0 Å². The van der Waals surface area contributed by atoms with Gasteiger partial charge in [-0.2, -0.15) is 0 Å². The largest absolute Gasteiger partial charge is 0.456 e. The molecule has 0 saturated heterocycles. The van der Waals surface area contributed by atoms with Crippen LogP contribution in [0.2, 0.25) is 0 Å². The number of fused-ring (bicyclic) bond motifs is 4. The fraction of sp³-hybridized carbons (Fsp3) is 0. The Morgan fingerprint density at radius 1 is 0.500 bits per heavy atom. The number of benzene rings is 5. The molecule has 0 aliphatic heterocycles. The lowest BCUT2D eigenvalue weighted by Crippen LogP contribution is -1.86. The highest BCUT2D eigenvalue weighted by molar-refractivity contribution is 9.10. The summed E-state index contributed by atoms with van der Waals surface area (Å²) in [5, 5.41) is 4.79. The fourth-order valence-electron chi connectivity index (χ4n) is 4.35. The van der Waals surface area contributed by atoms with Crippen LogP contribution in [0.1, 0.15) is 0 Å². The van der Waals surface area contributed by atoms with Crippen LogP contribution in [0.4, 0.5) is 0 Å². The van der Waals surface area contributed by atoms with Gasteiger partial charge in [0, 0.05) is 15.2 Å². The first-order valence-corrected chi connectivity index (χ1v) is 10.8. The third-order valence-corrected chi connectivity index (χ3v) is 6.24. The molecular weight excluding hydrogens is 432 g/mol. The summed E-state index contributed by atoms with van der Waals surface area (Å²) in [6.07, 6.45) is 0. The van der Waals surface area contributed by atoms with Gasteiger partial charge < -0.3 is 4.42 Å². The smallest absolute Gasteiger partial charge is 0.135 e. The minimum Gasteiger partial charge on any atom is -0.456 e. The van der Waals surface area contributed by atoms with Crippen LogP contribution in [0, 0.1) is 0 Å². The topological polar surface area (TPSA) is 13.1 Å². The van der Waals surface area contributed by atoms with Gasteiger partial charge in [0.1, 0.15) is 11.2 Å². The van der Waals surface area contributed by atoms with Crippen molar-refractivity contribution in [1.82, 2.24) is 0 Å². The molecule has 0 unspecified atom stereocenters. The molecule has 0 amide bonds. The summed E-state index contributed by atoms with van der Waals surface area (Å²) in [7, 11) is 0. The first-order chi connectivity index (χ1) is 14.8. The molecule has 0 fully saturated rings. The number of halogens is 1. The van der Waals surface area contributed by atoms with Crippen LogP contribution >= 0.6 is 15.9 Å². The number of furan rings is 1. The maximum Gasteiger partial charge on any atom is 0.135 e. The summed E-state index contributed by atoms with van der Waals surface area (Å²) in [4.78, 5) is 0. The van der Waals surface area contributed by atoms with Crippen molar-refractivity contribution >= 4 is 48.6 Å². The second kappa shape index (κ2) is 6.86. The van der Waals surface area contributed by atoms with Crippen molar-refractivity contribution in [2.75, 3.05) is 0 Å². The molecule has 30 heavy (non-hydrogen) atoms. The molecule has 6 aromatic rings. The molecule has 0 N–H and O–H groups in total. The van der Waals surface area contributed by atoms with E-state index in [9.17, 15) is 0 Å². The molecule has 0 aliphatic rings. The van der Waals surface area contributed by atoms with Crippen molar-refractivity contribution in [3.63, 3.8) is 0 Å². The Morgan fingerprint density at radius 3 is 2.07 bits per heavy atom. The number of hydrogen-bond acceptors (Lipinski definition) is 1. The molecule has 0 spiro atoms. The van der Waals surface area contributed by atoms with E-state index in [1.807, 2.05) is 12.1 Å². The van der Waals surface area contributed by atoms with Crippen molar-refractivity contribution in [3.8, 4) is 22.3 Å². The zero-order valence-electron chi connectivity index (χ0n) is 16.1. The molecule has 0 radical (unpaired) electrons. The van der Waals surface area contributed by atoms with E-state index < -0.39 is 0 Å². The molecule has 1 heterocycles. The molecule has 1 nitrogen and oxygen atoms in total. The van der Waals surface area contributed by atoms with Crippen molar-refractivity contribution < 1.29 is 4.42 Å². The number of rotatable bonds is 2. The van der Waals surface area contributed by atoms with Crippen LogP contribution < -0.4 is 0 Å². The summed E-state index contributed by atoms with van der Waals surface area (Å²) in [6.45, 7) is 0. The van der Waals surface area contributed by atoms with Crippen molar-refractivity contribution in [2.24, 2.45) is 0 Å². The first-order valence-electron chi connectivity index (χ1n) is 9.97. The Balaban J connectivity index is 1.61. The molecule has 142 valence electrons. The van der Waals surface area contributed by atoms with Crippen LogP contribution in [0.15, 0.2) is 112 Å². The standard InChI is InChI=1S/C28H17BrO/c29-20-13-15-28-26(17-20)25-16-19(12-14-27(25)30-28)22-9-3-4-10-23(22)24-11-5-7-18-6-1-2-8-21(18)24/h1-17H. The van der Waals surface area contributed by atoms with Crippen molar-refractivity contribution in [1.29, 1.82) is 0 Å². The van der Waals surface area contributed by atoms with Crippen LogP contribution in [-0.4, -0.2) is 0 Å². The summed E-state index contributed by atoms with van der Waals surface area (Å²) in [5.41, 5.74) is 6.72. The van der Waals surface area contributed by atoms with E-state index in [2.05, 4.69) is 107 Å². The average Bonchev–Trinajstić information content (AvgIpc) is 3.16. The maximum atomic E-state index is 6.05. The molecule has 2 heteroatoms. The van der Waals surface area contributed by atoms with Crippen molar-refractivity contribution in [3.05, 3.63) is 108 Å². The lowest BCUT2D eigenvalue weighted by molar-refractivity contribution is 0.669. The predicted octanol–water partition coefficient (Wildman–Crippen LogP) is 8.84. The fourth-order valence-corrected chi connectivity index (χ4v) is 4.71. The van der Waals surface area contributed by atoms with Gasteiger partial charge in [0.15, 0.2) is 0 Å². The van der Waals surface area contributed by atoms with Gasteiger partial charge in [-0.25, -0.2) is 0 Å². The van der Waals surface area contributed by atoms with E-state index in [0.29, 0.717) is 0 Å². The number of hydrogen-bond donors (Lipinski definition) is 0. The van der Waals surface area contributed by atoms with Crippen LogP contribution in [0.25, 0.3) is 55.0 Å². The lowest BCUT2D eigenvalue weighted by Gasteiger charge is -2.13. The minimum absolute atomic E-state index is 0.910. The van der Waals surface area contributed by atoms with Crippen LogP contribution in [0.5, 0.6) is 0 Å². The highest BCUT2D eigenvalue weighted by Gasteiger charge is 2.13. The summed E-state index contributed by atoms with van der Waals surface area (Å²) in [6, 6.07) is 36.4. The van der Waals surface area contributed by atoms with Crippen LogP contribution in [0.3, 0.4) is 0 Å². The van der Waals surface area contributed by atoms with Gasteiger partial charge in [-0.15, -0.1) is 0 Å². The Labute approximate surface area is 182 Å². The van der Waals surface area contributed by atoms with Gasteiger partial charge >= 0.3 is 0 Å². The Kier molecular flexibility index (Phi) is 4.00. The average molecular weight is 449 g/mol. The molecular formula is C28H17BrO. The molecule has 0 aliphatic carbocycles. The Bertz CT molecular complexity index is 1550. The van der Waals surface area contributed by atoms with E-state index in [-0.39, 0.29) is 0 Å². The maximum absolute atomic E-state index is 6.05. The van der Waals surface area contributed by atoms with Crippen LogP contribution in [-0.2, 0) is 0 Å². The summed E-state index contributed by atoms with van der Waals surface area (Å²) >= 11 is 3.59. The second-order valence-electron chi connectivity index (χ2n) is 7.53. The van der Waals surface area contributed by atoms with Gasteiger partial charge in [0.05, 0.1) is 0 Å². The quantitative estimate of drug-likeness (QED) is 0.257. The second-order valence-corrected chi connectivity index (χ2v) is 8.44. The first kappa shape index (κ1) is 17.5. The Morgan fingerprint density at radius 2 is 1.17 bits per heavy atom. The van der Waals surface area contributed by atoms with Gasteiger partial charge in [-0.05, 0) is 63.4 Å². The van der Waals surface area contributed by atoms with E-state index in [1.165, 1.54) is 33.0 Å². The molecule has 6 rings (SSSR count). The molecule has 0 atom stereocenters. The Hall–Kier alpha value is -3.36. The molecule has 0 bridgehead atoms. The van der Waals surface area contributed by atoms with E-state index in [1.54, 1.807) is 0 Å². The monoisotopic (exact) mass is 448 g/mol. The summed E-state index contributed by atoms with van der Waals surface area (Å²) < 4.78 is 7.10. The van der Waals surface area contributed by atoms with E-state index >= 15 is 0 Å². The SMILES string of the molecule is Brc1ccc2oc3ccc(-c4ccccc4-c4cccc5ccccc45)cc3c2c1. The summed E-state index contributed by atoms with van der Waals surface area (Å²) in [5.74, 6) is 0. The lowest BCUT2D eigenvalue weighted by atomic mass is 9.91. The zero-order valence-corrected chi connectivity index (χ0v) is 17.7. The zero-order chi connectivity index (χ0) is 20.1. The molecule has 1 aromatic heterocycles.